The van der Waals surface area contributed by atoms with Crippen LogP contribution in [0.1, 0.15) is 17.4 Å². The number of hydrogen-bond acceptors (Lipinski definition) is 4. The van der Waals surface area contributed by atoms with Gasteiger partial charge in [-0.15, -0.1) is 0 Å². The van der Waals surface area contributed by atoms with Crippen LogP contribution in [0, 0.1) is 5.82 Å². The molecule has 0 spiro atoms. The minimum absolute atomic E-state index is 0.0789. The quantitative estimate of drug-likeness (QED) is 0.717. The molecule has 0 fully saturated rings. The van der Waals surface area contributed by atoms with Gasteiger partial charge in [-0.05, 0) is 6.07 Å². The summed E-state index contributed by atoms with van der Waals surface area (Å²) < 4.78 is 13.4. The van der Waals surface area contributed by atoms with E-state index in [1.54, 1.807) is 6.07 Å². The van der Waals surface area contributed by atoms with Gasteiger partial charge < -0.3 is 5.73 Å². The summed E-state index contributed by atoms with van der Waals surface area (Å²) in [6, 6.07) is 4.36. The second kappa shape index (κ2) is 3.27. The number of Topliss-reactive ketones (excluding diaryl/α,β-unsaturated/α-hetero) is 1. The van der Waals surface area contributed by atoms with Crippen LogP contribution in [0.15, 0.2) is 18.2 Å². The van der Waals surface area contributed by atoms with Crippen LogP contribution in [-0.2, 0) is 0 Å². The Hall–Kier alpha value is -2.04. The average Bonchev–Trinajstić information content (AvgIpc) is 2.18. The van der Waals surface area contributed by atoms with Gasteiger partial charge in [0, 0.05) is 12.3 Å². The van der Waals surface area contributed by atoms with Gasteiger partial charge in [0.15, 0.2) is 5.78 Å². The summed E-state index contributed by atoms with van der Waals surface area (Å²) in [7, 11) is 0. The number of nitrogen functional groups attached to an aromatic ring is 1. The molecule has 0 aliphatic heterocycles. The fourth-order valence-electron chi connectivity index (χ4n) is 1.40. The maximum atomic E-state index is 13.4. The number of benzene rings is 1. The highest BCUT2D eigenvalue weighted by atomic mass is 19.1. The van der Waals surface area contributed by atoms with Crippen LogP contribution in [0.25, 0.3) is 10.9 Å². The van der Waals surface area contributed by atoms with Crippen molar-refractivity contribution in [2.24, 2.45) is 0 Å². The number of halogens is 1. The molecule has 0 bridgehead atoms. The van der Waals surface area contributed by atoms with E-state index in [0.29, 0.717) is 5.39 Å². The van der Waals surface area contributed by atoms with Gasteiger partial charge in [-0.25, -0.2) is 14.4 Å². The maximum Gasteiger partial charge on any atom is 0.221 e. The third-order valence-electron chi connectivity index (χ3n) is 2.03. The van der Waals surface area contributed by atoms with Crippen molar-refractivity contribution >= 4 is 22.6 Å². The van der Waals surface area contributed by atoms with Crippen molar-refractivity contribution in [3.63, 3.8) is 0 Å². The van der Waals surface area contributed by atoms with Crippen molar-refractivity contribution in [3.05, 3.63) is 29.7 Å². The molecule has 1 heterocycles. The number of hydrogen-bond donors (Lipinski definition) is 1. The van der Waals surface area contributed by atoms with Gasteiger partial charge in [0.1, 0.15) is 17.0 Å². The Balaban J connectivity index is 2.92. The van der Waals surface area contributed by atoms with E-state index in [4.69, 9.17) is 5.73 Å². The molecule has 5 heteroatoms. The van der Waals surface area contributed by atoms with Gasteiger partial charge in [0.05, 0.1) is 0 Å². The van der Waals surface area contributed by atoms with E-state index in [1.165, 1.54) is 19.1 Å². The van der Waals surface area contributed by atoms with E-state index in [1.807, 2.05) is 0 Å². The Morgan fingerprint density at radius 2 is 2.13 bits per heavy atom. The van der Waals surface area contributed by atoms with Gasteiger partial charge >= 0.3 is 0 Å². The Labute approximate surface area is 84.9 Å². The molecule has 2 rings (SSSR count). The van der Waals surface area contributed by atoms with Crippen molar-refractivity contribution in [2.75, 3.05) is 5.73 Å². The first kappa shape index (κ1) is 9.51. The molecule has 0 aliphatic rings. The zero-order valence-corrected chi connectivity index (χ0v) is 7.99. The first-order valence-electron chi connectivity index (χ1n) is 4.32. The third-order valence-corrected chi connectivity index (χ3v) is 2.03. The smallest absolute Gasteiger partial charge is 0.221 e. The first-order chi connectivity index (χ1) is 7.09. The number of nitrogens with zero attached hydrogens (tertiary/aromatic N) is 2. The summed E-state index contributed by atoms with van der Waals surface area (Å²) in [5, 5.41) is 0.386. The minimum Gasteiger partial charge on any atom is -0.368 e. The largest absolute Gasteiger partial charge is 0.368 e. The highest BCUT2D eigenvalue weighted by Crippen LogP contribution is 2.19. The molecule has 0 atom stereocenters. The van der Waals surface area contributed by atoms with E-state index in [2.05, 4.69) is 9.97 Å². The molecule has 0 saturated heterocycles. The Morgan fingerprint density at radius 3 is 2.80 bits per heavy atom. The number of ketones is 1. The number of fused-ring (bicyclic) bond motifs is 1. The summed E-state index contributed by atoms with van der Waals surface area (Å²) in [5.41, 5.74) is 5.62. The first-order valence-corrected chi connectivity index (χ1v) is 4.32. The van der Waals surface area contributed by atoms with Crippen molar-refractivity contribution < 1.29 is 9.18 Å². The van der Waals surface area contributed by atoms with Crippen LogP contribution in [0.4, 0.5) is 10.3 Å². The van der Waals surface area contributed by atoms with E-state index < -0.39 is 5.82 Å². The molecule has 0 saturated carbocycles. The Bertz CT molecular complexity index is 554. The predicted octanol–water partition coefficient (Wildman–Crippen LogP) is 1.55. The number of carbonyl (C=O) groups excluding carboxylic acids is 1. The van der Waals surface area contributed by atoms with Crippen LogP contribution >= 0.6 is 0 Å². The number of para-hydroxylation sites is 1. The molecule has 4 nitrogen and oxygen atoms in total. The molecule has 0 unspecified atom stereocenters. The van der Waals surface area contributed by atoms with Gasteiger partial charge in [-0.1, -0.05) is 12.1 Å². The van der Waals surface area contributed by atoms with Crippen LogP contribution in [0.5, 0.6) is 0 Å². The van der Waals surface area contributed by atoms with Crippen LogP contribution < -0.4 is 5.73 Å². The van der Waals surface area contributed by atoms with Gasteiger partial charge in [0.2, 0.25) is 5.95 Å². The lowest BCUT2D eigenvalue weighted by molar-refractivity contribution is 0.101. The summed E-state index contributed by atoms with van der Waals surface area (Å²) in [4.78, 5) is 18.8. The van der Waals surface area contributed by atoms with E-state index >= 15 is 0 Å². The summed E-state index contributed by atoms with van der Waals surface area (Å²) >= 11 is 0. The van der Waals surface area contributed by atoms with Crippen molar-refractivity contribution in [3.8, 4) is 0 Å². The minimum atomic E-state index is -0.510. The molecule has 76 valence electrons. The Morgan fingerprint density at radius 1 is 1.40 bits per heavy atom. The van der Waals surface area contributed by atoms with Crippen LogP contribution in [-0.4, -0.2) is 15.8 Å². The topological polar surface area (TPSA) is 68.9 Å². The number of carbonyl (C=O) groups is 1. The van der Waals surface area contributed by atoms with Crippen molar-refractivity contribution in [2.45, 2.75) is 6.92 Å². The summed E-state index contributed by atoms with van der Waals surface area (Å²) in [6.07, 6.45) is 0. The van der Waals surface area contributed by atoms with Crippen LogP contribution in [0.3, 0.4) is 0 Å². The van der Waals surface area contributed by atoms with Crippen LogP contribution in [0.2, 0.25) is 0 Å². The highest BCUT2D eigenvalue weighted by Gasteiger charge is 2.12. The monoisotopic (exact) mass is 205 g/mol. The molecule has 2 N–H and O–H groups in total. The maximum absolute atomic E-state index is 13.4. The van der Waals surface area contributed by atoms with Gasteiger partial charge in [-0.2, -0.15) is 0 Å². The molecule has 15 heavy (non-hydrogen) atoms. The van der Waals surface area contributed by atoms with E-state index in [0.717, 1.165) is 0 Å². The molecule has 1 aromatic carbocycles. The SMILES string of the molecule is CC(=O)c1nc(N)nc2c(F)cccc12. The number of nitrogens with two attached hydrogens (primary N) is 1. The standard InChI is InChI=1S/C10H8FN3O/c1-5(15)8-6-3-2-4-7(11)9(6)14-10(12)13-8/h2-4H,1H3,(H2,12,13,14). The lowest BCUT2D eigenvalue weighted by Crippen LogP contribution is -2.05. The molecule has 2 aromatic rings. The molecule has 1 aromatic heterocycles. The molecular formula is C10H8FN3O. The zero-order valence-electron chi connectivity index (χ0n) is 7.99. The third kappa shape index (κ3) is 1.52. The fraction of sp³-hybridized carbons (Fsp3) is 0.100. The normalized spacial score (nSPS) is 10.5. The average molecular weight is 205 g/mol. The molecule has 0 amide bonds. The van der Waals surface area contributed by atoms with E-state index in [9.17, 15) is 9.18 Å². The molecular weight excluding hydrogens is 197 g/mol. The van der Waals surface area contributed by atoms with Gasteiger partial charge in [-0.3, -0.25) is 4.79 Å². The second-order valence-electron chi connectivity index (χ2n) is 3.12. The number of anilines is 1. The van der Waals surface area contributed by atoms with E-state index in [-0.39, 0.29) is 22.9 Å². The number of rotatable bonds is 1. The zero-order chi connectivity index (χ0) is 11.0. The van der Waals surface area contributed by atoms with Crippen molar-refractivity contribution in [1.82, 2.24) is 9.97 Å². The number of aromatic nitrogens is 2. The second-order valence-corrected chi connectivity index (χ2v) is 3.12. The summed E-state index contributed by atoms with van der Waals surface area (Å²) in [6.45, 7) is 1.35. The lowest BCUT2D eigenvalue weighted by atomic mass is 10.1. The highest BCUT2D eigenvalue weighted by molar-refractivity contribution is 6.04. The molecule has 0 aliphatic carbocycles. The van der Waals surface area contributed by atoms with Crippen molar-refractivity contribution in [1.29, 1.82) is 0 Å². The lowest BCUT2D eigenvalue weighted by Gasteiger charge is -2.03. The predicted molar refractivity (Wildman–Crippen MR) is 53.9 cm³/mol. The molecule has 0 radical (unpaired) electrons. The fourth-order valence-corrected chi connectivity index (χ4v) is 1.40. The van der Waals surface area contributed by atoms with Gasteiger partial charge in [0.25, 0.3) is 0 Å². The Kier molecular flexibility index (Phi) is 2.07. The summed E-state index contributed by atoms with van der Waals surface area (Å²) in [5.74, 6) is -0.874.